The van der Waals surface area contributed by atoms with Gasteiger partial charge in [-0.2, -0.15) is 11.8 Å². The maximum Gasteiger partial charge on any atom is 0.241 e. The molecule has 0 atom stereocenters. The van der Waals surface area contributed by atoms with Gasteiger partial charge >= 0.3 is 0 Å². The van der Waals surface area contributed by atoms with Gasteiger partial charge in [0.05, 0.1) is 4.90 Å². The molecule has 1 aromatic heterocycles. The minimum absolute atomic E-state index is 0.102. The molecule has 0 spiro atoms. The van der Waals surface area contributed by atoms with Gasteiger partial charge in [-0.25, -0.2) is 13.1 Å². The number of rotatable bonds is 8. The highest BCUT2D eigenvalue weighted by molar-refractivity contribution is 8.00. The summed E-state index contributed by atoms with van der Waals surface area (Å²) in [6.45, 7) is 8.08. The van der Waals surface area contributed by atoms with Gasteiger partial charge in [0.1, 0.15) is 0 Å². The molecule has 0 aliphatic carbocycles. The molecule has 19 heavy (non-hydrogen) atoms. The van der Waals surface area contributed by atoms with Gasteiger partial charge in [-0.05, 0) is 32.7 Å². The van der Waals surface area contributed by atoms with Crippen LogP contribution >= 0.6 is 23.1 Å². The lowest BCUT2D eigenvalue weighted by Gasteiger charge is -2.21. The zero-order valence-electron chi connectivity index (χ0n) is 11.8. The van der Waals surface area contributed by atoms with Gasteiger partial charge in [0, 0.05) is 28.1 Å². The van der Waals surface area contributed by atoms with Crippen molar-refractivity contribution in [1.29, 1.82) is 0 Å². The Morgan fingerprint density at radius 1 is 1.42 bits per heavy atom. The highest BCUT2D eigenvalue weighted by atomic mass is 32.2. The van der Waals surface area contributed by atoms with Crippen molar-refractivity contribution in [3.63, 3.8) is 0 Å². The Labute approximate surface area is 124 Å². The number of sulfonamides is 1. The van der Waals surface area contributed by atoms with Gasteiger partial charge in [-0.3, -0.25) is 0 Å². The Balaban J connectivity index is 2.69. The van der Waals surface area contributed by atoms with Gasteiger partial charge in [-0.1, -0.05) is 6.92 Å². The first-order valence-electron chi connectivity index (χ1n) is 6.13. The van der Waals surface area contributed by atoms with E-state index < -0.39 is 10.0 Å². The Morgan fingerprint density at radius 2 is 2.11 bits per heavy atom. The van der Waals surface area contributed by atoms with Gasteiger partial charge < -0.3 is 5.32 Å². The van der Waals surface area contributed by atoms with E-state index in [0.29, 0.717) is 18.0 Å². The van der Waals surface area contributed by atoms with Crippen LogP contribution in [-0.4, -0.2) is 32.5 Å². The van der Waals surface area contributed by atoms with E-state index in [1.807, 2.05) is 27.0 Å². The summed E-state index contributed by atoms with van der Waals surface area (Å²) in [5.74, 6) is 0. The summed E-state index contributed by atoms with van der Waals surface area (Å²) < 4.78 is 26.9. The fourth-order valence-electron chi connectivity index (χ4n) is 1.27. The maximum absolute atomic E-state index is 12.1. The third-order valence-electron chi connectivity index (χ3n) is 2.73. The molecular formula is C12H22N2O2S3. The smallest absolute Gasteiger partial charge is 0.241 e. The molecule has 7 heteroatoms. The van der Waals surface area contributed by atoms with E-state index in [4.69, 9.17) is 0 Å². The van der Waals surface area contributed by atoms with Crippen molar-refractivity contribution in [3.8, 4) is 0 Å². The summed E-state index contributed by atoms with van der Waals surface area (Å²) >= 11 is 3.11. The Hall–Kier alpha value is -0.0800. The first-order chi connectivity index (χ1) is 8.80. The lowest BCUT2D eigenvalue weighted by Crippen LogP contribution is -2.35. The van der Waals surface area contributed by atoms with E-state index >= 15 is 0 Å². The summed E-state index contributed by atoms with van der Waals surface area (Å²) in [6.07, 6.45) is 1.98. The second-order valence-electron chi connectivity index (χ2n) is 4.82. The molecule has 0 radical (unpaired) electrons. The van der Waals surface area contributed by atoms with Gasteiger partial charge in [-0.15, -0.1) is 11.3 Å². The zero-order chi connectivity index (χ0) is 14.5. The van der Waals surface area contributed by atoms with Crippen molar-refractivity contribution in [2.75, 3.05) is 19.3 Å². The summed E-state index contributed by atoms with van der Waals surface area (Å²) in [5.41, 5.74) is 0. The molecule has 110 valence electrons. The first kappa shape index (κ1) is 17.0. The highest BCUT2D eigenvalue weighted by Crippen LogP contribution is 2.22. The van der Waals surface area contributed by atoms with Crippen LogP contribution in [-0.2, 0) is 16.6 Å². The Kier molecular flexibility index (Phi) is 6.32. The van der Waals surface area contributed by atoms with E-state index in [0.717, 1.165) is 11.4 Å². The molecule has 1 aromatic rings. The average molecular weight is 323 g/mol. The van der Waals surface area contributed by atoms with E-state index in [9.17, 15) is 8.42 Å². The summed E-state index contributed by atoms with van der Waals surface area (Å²) in [6, 6.07) is 1.74. The molecule has 2 N–H and O–H groups in total. The van der Waals surface area contributed by atoms with Crippen LogP contribution in [0.25, 0.3) is 0 Å². The van der Waals surface area contributed by atoms with Crippen molar-refractivity contribution in [2.45, 2.75) is 37.0 Å². The van der Waals surface area contributed by atoms with Crippen molar-refractivity contribution in [1.82, 2.24) is 10.0 Å². The van der Waals surface area contributed by atoms with Crippen LogP contribution in [0.3, 0.4) is 0 Å². The van der Waals surface area contributed by atoms with Gasteiger partial charge in [0.15, 0.2) is 0 Å². The van der Waals surface area contributed by atoms with Crippen LogP contribution in [0, 0.1) is 0 Å². The van der Waals surface area contributed by atoms with Crippen molar-refractivity contribution in [3.05, 3.63) is 16.3 Å². The van der Waals surface area contributed by atoms with Crippen LogP contribution in [0.2, 0.25) is 0 Å². The van der Waals surface area contributed by atoms with Gasteiger partial charge in [0.2, 0.25) is 10.0 Å². The van der Waals surface area contributed by atoms with E-state index in [1.54, 1.807) is 23.2 Å². The van der Waals surface area contributed by atoms with E-state index in [-0.39, 0.29) is 4.75 Å². The zero-order valence-corrected chi connectivity index (χ0v) is 14.3. The molecule has 1 rings (SSSR count). The first-order valence-corrected chi connectivity index (χ1v) is 9.72. The van der Waals surface area contributed by atoms with Crippen LogP contribution in [0.15, 0.2) is 16.3 Å². The lowest BCUT2D eigenvalue weighted by atomic mass is 10.2. The SMILES string of the molecule is CCNCc1cc(S(=O)(=O)NCC(C)(C)SC)cs1. The predicted molar refractivity (Wildman–Crippen MR) is 84.5 cm³/mol. The highest BCUT2D eigenvalue weighted by Gasteiger charge is 2.22. The van der Waals surface area contributed by atoms with Crippen molar-refractivity contribution >= 4 is 33.1 Å². The van der Waals surface area contributed by atoms with E-state index in [1.165, 1.54) is 11.3 Å². The molecule has 0 aromatic carbocycles. The van der Waals surface area contributed by atoms with Crippen LogP contribution in [0.4, 0.5) is 0 Å². The maximum atomic E-state index is 12.1. The number of thioether (sulfide) groups is 1. The summed E-state index contributed by atoms with van der Waals surface area (Å²) in [5, 5.41) is 4.88. The average Bonchev–Trinajstić information content (AvgIpc) is 2.84. The lowest BCUT2D eigenvalue weighted by molar-refractivity contribution is 0.571. The molecule has 0 saturated heterocycles. The molecule has 1 heterocycles. The monoisotopic (exact) mass is 322 g/mol. The minimum atomic E-state index is -3.39. The van der Waals surface area contributed by atoms with E-state index in [2.05, 4.69) is 10.0 Å². The molecule has 4 nitrogen and oxygen atoms in total. The number of thiophene rings is 1. The molecule has 0 bridgehead atoms. The Bertz CT molecular complexity index is 495. The van der Waals surface area contributed by atoms with Crippen molar-refractivity contribution < 1.29 is 8.42 Å². The molecular weight excluding hydrogens is 300 g/mol. The Morgan fingerprint density at radius 3 is 2.68 bits per heavy atom. The van der Waals surface area contributed by atoms with Crippen LogP contribution in [0.1, 0.15) is 25.6 Å². The number of hydrogen-bond donors (Lipinski definition) is 2. The normalized spacial score (nSPS) is 12.8. The topological polar surface area (TPSA) is 58.2 Å². The number of hydrogen-bond acceptors (Lipinski definition) is 5. The molecule has 0 aliphatic rings. The van der Waals surface area contributed by atoms with Crippen LogP contribution in [0.5, 0.6) is 0 Å². The third kappa shape index (κ3) is 5.43. The predicted octanol–water partition coefficient (Wildman–Crippen LogP) is 2.28. The second-order valence-corrected chi connectivity index (χ2v) is 9.09. The second kappa shape index (κ2) is 7.08. The minimum Gasteiger partial charge on any atom is -0.312 e. The molecule has 0 amide bonds. The van der Waals surface area contributed by atoms with Crippen molar-refractivity contribution in [2.24, 2.45) is 0 Å². The standard InChI is InChI=1S/C12H22N2O2S3/c1-5-13-7-10-6-11(8-18-10)19(15,16)14-9-12(2,3)17-4/h6,8,13-14H,5,7,9H2,1-4H3. The summed E-state index contributed by atoms with van der Waals surface area (Å²) in [4.78, 5) is 1.40. The van der Waals surface area contributed by atoms with Gasteiger partial charge in [0.25, 0.3) is 0 Å². The fraction of sp³-hybridized carbons (Fsp3) is 0.667. The summed E-state index contributed by atoms with van der Waals surface area (Å²) in [7, 11) is -3.39. The third-order valence-corrected chi connectivity index (χ3v) is 6.45. The largest absolute Gasteiger partial charge is 0.312 e. The number of nitrogens with one attached hydrogen (secondary N) is 2. The quantitative estimate of drug-likeness (QED) is 0.771. The molecule has 0 saturated carbocycles. The molecule has 0 aliphatic heterocycles. The molecule has 0 fully saturated rings. The van der Waals surface area contributed by atoms with Crippen LogP contribution < -0.4 is 10.0 Å². The molecule has 0 unspecified atom stereocenters. The fourth-order valence-corrected chi connectivity index (χ4v) is 4.03.